The molecule has 1 aromatic heterocycles. The molecule has 2 heterocycles. The van der Waals surface area contributed by atoms with E-state index in [1.807, 2.05) is 11.8 Å². The Labute approximate surface area is 128 Å². The van der Waals surface area contributed by atoms with Gasteiger partial charge in [0.25, 0.3) is 0 Å². The van der Waals surface area contributed by atoms with Gasteiger partial charge in [-0.15, -0.1) is 10.2 Å². The minimum absolute atomic E-state index is 0.195. The summed E-state index contributed by atoms with van der Waals surface area (Å²) in [4.78, 5) is 14.1. The molecule has 1 aliphatic heterocycles. The van der Waals surface area contributed by atoms with Crippen LogP contribution in [-0.4, -0.2) is 53.1 Å². The Hall–Kier alpha value is -0.660. The highest BCUT2D eigenvalue weighted by atomic mass is 32.2. The van der Waals surface area contributed by atoms with Crippen LogP contribution in [0.1, 0.15) is 24.8 Å². The highest BCUT2D eigenvalue weighted by molar-refractivity contribution is 8.01. The number of hydrogen-bond donors (Lipinski definition) is 0. The summed E-state index contributed by atoms with van der Waals surface area (Å²) in [7, 11) is 0. The molecule has 0 unspecified atom stereocenters. The van der Waals surface area contributed by atoms with Gasteiger partial charge in [-0.25, -0.2) is 0 Å². The number of hydrogen-bond acceptors (Lipinski definition) is 6. The largest absolute Gasteiger partial charge is 0.381 e. The van der Waals surface area contributed by atoms with E-state index in [0.29, 0.717) is 11.7 Å². The topological polar surface area (TPSA) is 55.3 Å². The predicted molar refractivity (Wildman–Crippen MR) is 81.2 cm³/mol. The van der Waals surface area contributed by atoms with Crippen LogP contribution in [-0.2, 0) is 9.53 Å². The maximum atomic E-state index is 12.1. The summed E-state index contributed by atoms with van der Waals surface area (Å²) in [6.07, 6.45) is 2.10. The smallest absolute Gasteiger partial charge is 0.233 e. The zero-order valence-corrected chi connectivity index (χ0v) is 13.6. The van der Waals surface area contributed by atoms with E-state index in [-0.39, 0.29) is 5.91 Å². The number of carbonyl (C=O) groups is 1. The third-order valence-corrected chi connectivity index (χ3v) is 5.12. The van der Waals surface area contributed by atoms with Gasteiger partial charge in [0.05, 0.1) is 12.4 Å². The zero-order chi connectivity index (χ0) is 14.4. The van der Waals surface area contributed by atoms with Gasteiger partial charge in [0.2, 0.25) is 5.91 Å². The second-order valence-corrected chi connectivity index (χ2v) is 7.35. The molecule has 1 amide bonds. The number of aryl methyl sites for hydroxylation is 1. The molecule has 20 heavy (non-hydrogen) atoms. The van der Waals surface area contributed by atoms with Gasteiger partial charge in [-0.05, 0) is 19.8 Å². The van der Waals surface area contributed by atoms with Crippen molar-refractivity contribution in [3.05, 3.63) is 5.01 Å². The second kappa shape index (κ2) is 7.95. The highest BCUT2D eigenvalue weighted by Crippen LogP contribution is 2.23. The van der Waals surface area contributed by atoms with Gasteiger partial charge in [0.15, 0.2) is 4.34 Å². The highest BCUT2D eigenvalue weighted by Gasteiger charge is 2.26. The molecule has 0 N–H and O–H groups in total. The summed E-state index contributed by atoms with van der Waals surface area (Å²) in [5, 5.41) is 8.91. The third-order valence-electron chi connectivity index (χ3n) is 3.17. The number of amides is 1. The Kier molecular flexibility index (Phi) is 6.25. The summed E-state index contributed by atoms with van der Waals surface area (Å²) in [6, 6.07) is 0. The molecule has 0 spiro atoms. The molecule has 1 aromatic rings. The minimum atomic E-state index is 0.195. The summed E-state index contributed by atoms with van der Waals surface area (Å²) in [5.74, 6) is 1.15. The molecule has 0 bridgehead atoms. The maximum Gasteiger partial charge on any atom is 0.233 e. The van der Waals surface area contributed by atoms with Crippen molar-refractivity contribution in [2.75, 3.05) is 32.1 Å². The number of nitrogens with zero attached hydrogens (tertiary/aromatic N) is 3. The third kappa shape index (κ3) is 4.71. The summed E-state index contributed by atoms with van der Waals surface area (Å²) >= 11 is 3.02. The molecule has 1 aliphatic rings. The van der Waals surface area contributed by atoms with E-state index in [1.165, 1.54) is 23.1 Å². The van der Waals surface area contributed by atoms with E-state index in [9.17, 15) is 4.79 Å². The molecule has 7 heteroatoms. The van der Waals surface area contributed by atoms with Crippen molar-refractivity contribution in [2.24, 2.45) is 5.92 Å². The number of likely N-dealkylation sites (tertiary alicyclic amines) is 1. The van der Waals surface area contributed by atoms with Crippen molar-refractivity contribution in [1.82, 2.24) is 15.1 Å². The maximum absolute atomic E-state index is 12.1. The van der Waals surface area contributed by atoms with Crippen LogP contribution >= 0.6 is 23.1 Å². The van der Waals surface area contributed by atoms with Crippen LogP contribution in [0.4, 0.5) is 0 Å². The number of aromatic nitrogens is 2. The average molecular weight is 315 g/mol. The summed E-state index contributed by atoms with van der Waals surface area (Å²) in [5.41, 5.74) is 0. The van der Waals surface area contributed by atoms with E-state index in [4.69, 9.17) is 4.74 Å². The van der Waals surface area contributed by atoms with E-state index < -0.39 is 0 Å². The van der Waals surface area contributed by atoms with E-state index in [2.05, 4.69) is 17.1 Å². The minimum Gasteiger partial charge on any atom is -0.381 e. The fourth-order valence-electron chi connectivity index (χ4n) is 2.14. The van der Waals surface area contributed by atoms with Crippen molar-refractivity contribution >= 4 is 29.0 Å². The Bertz CT molecular complexity index is 439. The van der Waals surface area contributed by atoms with Crippen LogP contribution in [0.2, 0.25) is 0 Å². The predicted octanol–water partition coefficient (Wildman–Crippen LogP) is 2.21. The van der Waals surface area contributed by atoms with Gasteiger partial charge in [-0.3, -0.25) is 4.79 Å². The van der Waals surface area contributed by atoms with Gasteiger partial charge < -0.3 is 9.64 Å². The second-order valence-electron chi connectivity index (χ2n) is 4.95. The number of carbonyl (C=O) groups excluding carboxylic acids is 1. The van der Waals surface area contributed by atoms with Crippen LogP contribution in [0.5, 0.6) is 0 Å². The van der Waals surface area contributed by atoms with Gasteiger partial charge in [-0.1, -0.05) is 30.0 Å². The standard InChI is InChI=1S/C13H21N3O2S2/c1-3-6-18-8-11-4-5-16(7-11)12(17)9-19-13-15-14-10(2)20-13/h11H,3-9H2,1-2H3/t11-/m1/s1. The zero-order valence-electron chi connectivity index (χ0n) is 12.0. The Morgan fingerprint density at radius 3 is 3.10 bits per heavy atom. The lowest BCUT2D eigenvalue weighted by molar-refractivity contribution is -0.127. The number of ether oxygens (including phenoxy) is 1. The van der Waals surface area contributed by atoms with E-state index in [1.54, 1.807) is 0 Å². The number of rotatable bonds is 7. The molecular weight excluding hydrogens is 294 g/mol. The molecule has 1 atom stereocenters. The van der Waals surface area contributed by atoms with Crippen molar-refractivity contribution < 1.29 is 9.53 Å². The first-order valence-electron chi connectivity index (χ1n) is 6.97. The fraction of sp³-hybridized carbons (Fsp3) is 0.769. The lowest BCUT2D eigenvalue weighted by atomic mass is 10.1. The Balaban J connectivity index is 1.68. The molecule has 1 saturated heterocycles. The van der Waals surface area contributed by atoms with Crippen molar-refractivity contribution in [2.45, 2.75) is 31.0 Å². The van der Waals surface area contributed by atoms with Gasteiger partial charge in [0.1, 0.15) is 5.01 Å². The van der Waals surface area contributed by atoms with Crippen LogP contribution in [0.25, 0.3) is 0 Å². The average Bonchev–Trinajstić information content (AvgIpc) is 3.06. The monoisotopic (exact) mass is 315 g/mol. The summed E-state index contributed by atoms with van der Waals surface area (Å²) < 4.78 is 6.44. The van der Waals surface area contributed by atoms with Crippen molar-refractivity contribution in [3.63, 3.8) is 0 Å². The van der Waals surface area contributed by atoms with E-state index in [0.717, 1.165) is 48.5 Å². The first kappa shape index (κ1) is 15.7. The molecule has 5 nitrogen and oxygen atoms in total. The molecule has 0 aromatic carbocycles. The SMILES string of the molecule is CCCOC[C@@H]1CCN(C(=O)CSc2nnc(C)s2)C1. The fourth-order valence-corrected chi connectivity index (χ4v) is 3.86. The lowest BCUT2D eigenvalue weighted by Gasteiger charge is -2.16. The Morgan fingerprint density at radius 2 is 2.40 bits per heavy atom. The molecule has 1 fully saturated rings. The van der Waals surface area contributed by atoms with Crippen molar-refractivity contribution in [1.29, 1.82) is 0 Å². The van der Waals surface area contributed by atoms with Crippen LogP contribution in [0, 0.1) is 12.8 Å². The molecule has 2 rings (SSSR count). The summed E-state index contributed by atoms with van der Waals surface area (Å²) in [6.45, 7) is 7.31. The van der Waals surface area contributed by atoms with Crippen molar-refractivity contribution in [3.8, 4) is 0 Å². The first-order chi connectivity index (χ1) is 9.69. The van der Waals surface area contributed by atoms with Crippen LogP contribution in [0.3, 0.4) is 0 Å². The molecule has 0 aliphatic carbocycles. The molecular formula is C13H21N3O2S2. The number of thioether (sulfide) groups is 1. The van der Waals surface area contributed by atoms with Gasteiger partial charge in [0, 0.05) is 25.6 Å². The van der Waals surface area contributed by atoms with Crippen LogP contribution in [0.15, 0.2) is 4.34 Å². The van der Waals surface area contributed by atoms with E-state index >= 15 is 0 Å². The molecule has 0 radical (unpaired) electrons. The Morgan fingerprint density at radius 1 is 1.55 bits per heavy atom. The normalized spacial score (nSPS) is 18.7. The molecule has 112 valence electrons. The molecule has 0 saturated carbocycles. The first-order valence-corrected chi connectivity index (χ1v) is 8.77. The quantitative estimate of drug-likeness (QED) is 0.570. The van der Waals surface area contributed by atoms with Crippen LogP contribution < -0.4 is 0 Å². The van der Waals surface area contributed by atoms with Gasteiger partial charge >= 0.3 is 0 Å². The van der Waals surface area contributed by atoms with Gasteiger partial charge in [-0.2, -0.15) is 0 Å². The lowest BCUT2D eigenvalue weighted by Crippen LogP contribution is -2.30.